The van der Waals surface area contributed by atoms with Gasteiger partial charge in [-0.15, -0.1) is 0 Å². The van der Waals surface area contributed by atoms with Gasteiger partial charge in [-0.05, 0) is 110 Å². The van der Waals surface area contributed by atoms with E-state index in [0.29, 0.717) is 22.8 Å². The number of aliphatic hydroxyl groups excluding tert-OH is 1. The zero-order valence-corrected chi connectivity index (χ0v) is 19.7. The van der Waals surface area contributed by atoms with Crippen molar-refractivity contribution in [3.8, 4) is 0 Å². The number of aliphatic hydroxyl groups is 1. The van der Waals surface area contributed by atoms with Crippen LogP contribution >= 0.6 is 0 Å². The minimum absolute atomic E-state index is 0.0838. The molecule has 0 aliphatic heterocycles. The van der Waals surface area contributed by atoms with Crippen LogP contribution in [0.15, 0.2) is 41.3 Å². The van der Waals surface area contributed by atoms with Crippen molar-refractivity contribution < 1.29 is 9.90 Å². The maximum absolute atomic E-state index is 12.4. The lowest BCUT2D eigenvalue weighted by atomic mass is 9.44. The Balaban J connectivity index is 1.32. The molecule has 5 nitrogen and oxygen atoms in total. The first-order valence-electron chi connectivity index (χ1n) is 12.5. The van der Waals surface area contributed by atoms with Crippen molar-refractivity contribution in [2.75, 3.05) is 0 Å². The van der Waals surface area contributed by atoms with E-state index in [1.807, 2.05) is 6.92 Å². The number of allylic oxidation sites excluding steroid dienone is 2. The van der Waals surface area contributed by atoms with E-state index in [9.17, 15) is 9.90 Å². The van der Waals surface area contributed by atoms with E-state index in [1.54, 1.807) is 24.5 Å². The number of amides is 1. The number of hydrazone groups is 1. The second-order valence-corrected chi connectivity index (χ2v) is 11.3. The summed E-state index contributed by atoms with van der Waals surface area (Å²) >= 11 is 0. The van der Waals surface area contributed by atoms with Crippen molar-refractivity contribution in [3.63, 3.8) is 0 Å². The van der Waals surface area contributed by atoms with Gasteiger partial charge in [0.05, 0.1) is 11.8 Å². The van der Waals surface area contributed by atoms with Crippen LogP contribution < -0.4 is 5.43 Å². The Labute approximate surface area is 191 Å². The van der Waals surface area contributed by atoms with Gasteiger partial charge in [0, 0.05) is 18.0 Å². The third kappa shape index (κ3) is 3.44. The molecule has 4 aliphatic carbocycles. The molecule has 0 spiro atoms. The molecule has 3 saturated carbocycles. The summed E-state index contributed by atoms with van der Waals surface area (Å²) in [4.78, 5) is 16.4. The molecule has 4 aliphatic rings. The van der Waals surface area contributed by atoms with Crippen LogP contribution in [0.5, 0.6) is 0 Å². The molecular formula is C27H37N3O2. The van der Waals surface area contributed by atoms with Crippen LogP contribution in [0.25, 0.3) is 0 Å². The van der Waals surface area contributed by atoms with E-state index < -0.39 is 0 Å². The smallest absolute Gasteiger partial charge is 0.271 e. The summed E-state index contributed by atoms with van der Waals surface area (Å²) in [6.07, 6.45) is 14.9. The number of pyridine rings is 1. The van der Waals surface area contributed by atoms with Crippen molar-refractivity contribution in [1.82, 2.24) is 10.4 Å². The number of nitrogens with one attached hydrogen (secondary N) is 1. The van der Waals surface area contributed by atoms with Crippen molar-refractivity contribution in [2.24, 2.45) is 39.6 Å². The van der Waals surface area contributed by atoms with Gasteiger partial charge in [0.25, 0.3) is 5.91 Å². The highest BCUT2D eigenvalue weighted by Crippen LogP contribution is 2.66. The largest absolute Gasteiger partial charge is 0.393 e. The molecule has 1 aromatic heterocycles. The summed E-state index contributed by atoms with van der Waals surface area (Å²) in [6.45, 7) is 7.02. The van der Waals surface area contributed by atoms with Crippen LogP contribution in [0.2, 0.25) is 0 Å². The van der Waals surface area contributed by atoms with Crippen LogP contribution in [0.1, 0.15) is 82.5 Å². The van der Waals surface area contributed by atoms with E-state index >= 15 is 0 Å². The molecule has 1 heterocycles. The minimum atomic E-state index is -0.193. The zero-order chi connectivity index (χ0) is 22.5. The summed E-state index contributed by atoms with van der Waals surface area (Å²) < 4.78 is 0. The Bertz CT molecular complexity index is 941. The monoisotopic (exact) mass is 435 g/mol. The Kier molecular flexibility index (Phi) is 5.51. The fraction of sp³-hybridized carbons (Fsp3) is 0.667. The number of carbonyl (C=O) groups excluding carboxylic acids is 1. The van der Waals surface area contributed by atoms with Crippen LogP contribution in [0, 0.1) is 34.5 Å². The number of carbonyl (C=O) groups is 1. The molecule has 0 radical (unpaired) electrons. The van der Waals surface area contributed by atoms with Crippen LogP contribution in [-0.2, 0) is 0 Å². The van der Waals surface area contributed by atoms with Crippen LogP contribution in [-0.4, -0.2) is 27.8 Å². The highest BCUT2D eigenvalue weighted by molar-refractivity contribution is 6.01. The van der Waals surface area contributed by atoms with Gasteiger partial charge in [-0.1, -0.05) is 19.9 Å². The van der Waals surface area contributed by atoms with Gasteiger partial charge in [0.15, 0.2) is 0 Å². The lowest BCUT2D eigenvalue weighted by Gasteiger charge is -2.60. The average Bonchev–Trinajstić information content (AvgIpc) is 3.15. The minimum Gasteiger partial charge on any atom is -0.393 e. The molecule has 2 N–H and O–H groups in total. The lowest BCUT2D eigenvalue weighted by molar-refractivity contribution is -0.117. The molecule has 0 aromatic carbocycles. The Hall–Kier alpha value is -2.01. The molecule has 172 valence electrons. The highest BCUT2D eigenvalue weighted by atomic mass is 16.3. The number of nitrogens with zero attached hydrogens (tertiary/aromatic N) is 2. The normalized spacial score (nSPS) is 41.2. The summed E-state index contributed by atoms with van der Waals surface area (Å²) in [5.41, 5.74) is 6.14. The van der Waals surface area contributed by atoms with E-state index in [1.165, 1.54) is 37.7 Å². The van der Waals surface area contributed by atoms with E-state index in [2.05, 4.69) is 35.4 Å². The first-order valence-corrected chi connectivity index (χ1v) is 12.5. The second kappa shape index (κ2) is 8.09. The van der Waals surface area contributed by atoms with E-state index in [4.69, 9.17) is 0 Å². The average molecular weight is 436 g/mol. The molecule has 1 aromatic rings. The van der Waals surface area contributed by atoms with Gasteiger partial charge in [-0.2, -0.15) is 5.10 Å². The molecule has 32 heavy (non-hydrogen) atoms. The van der Waals surface area contributed by atoms with Crippen LogP contribution in [0.3, 0.4) is 0 Å². The lowest BCUT2D eigenvalue weighted by Crippen LogP contribution is -2.53. The van der Waals surface area contributed by atoms with Gasteiger partial charge in [0.1, 0.15) is 0 Å². The number of hydrogen-bond donors (Lipinski definition) is 2. The third-order valence-corrected chi connectivity index (χ3v) is 9.88. The van der Waals surface area contributed by atoms with Crippen molar-refractivity contribution in [1.29, 1.82) is 0 Å². The SMILES string of the molecule is CC(=NNC(=O)c1ccncc1)C1=CC[C@H]2[C@H]3CC[C@H]4C[C@@H](O)CC[C@]4(C)[C@H]3CC[C@]12C. The maximum Gasteiger partial charge on any atom is 0.271 e. The molecule has 1 amide bonds. The molecule has 5 heteroatoms. The quantitative estimate of drug-likeness (QED) is 0.511. The summed E-state index contributed by atoms with van der Waals surface area (Å²) in [5, 5.41) is 14.8. The fourth-order valence-corrected chi connectivity index (χ4v) is 8.13. The molecular weight excluding hydrogens is 398 g/mol. The predicted octanol–water partition coefficient (Wildman–Crippen LogP) is 5.13. The van der Waals surface area contributed by atoms with E-state index in [-0.39, 0.29) is 17.4 Å². The predicted molar refractivity (Wildman–Crippen MR) is 126 cm³/mol. The fourth-order valence-electron chi connectivity index (χ4n) is 8.13. The first-order chi connectivity index (χ1) is 15.3. The Morgan fingerprint density at radius 1 is 1.12 bits per heavy atom. The molecule has 0 bridgehead atoms. The first kappa shape index (κ1) is 21.8. The standard InChI is InChI=1S/C27H37N3O2/c1-17(29-30-25(32)18-10-14-28-15-11-18)22-6-7-23-21-5-4-19-16-20(31)8-12-26(19,2)24(21)9-13-27(22,23)3/h6,10-11,14-15,19-21,23-24,31H,4-5,7-9,12-13,16H2,1-3H3,(H,30,32)/t19-,20-,21+,23-,24-,26-,27+/m0/s1. The topological polar surface area (TPSA) is 74.6 Å². The van der Waals surface area contributed by atoms with Crippen LogP contribution in [0.4, 0.5) is 0 Å². The highest BCUT2D eigenvalue weighted by Gasteiger charge is 2.58. The zero-order valence-electron chi connectivity index (χ0n) is 19.7. The van der Waals surface area contributed by atoms with Crippen molar-refractivity contribution in [2.45, 2.75) is 78.2 Å². The molecule has 0 unspecified atom stereocenters. The third-order valence-electron chi connectivity index (χ3n) is 9.88. The Morgan fingerprint density at radius 3 is 2.69 bits per heavy atom. The summed E-state index contributed by atoms with van der Waals surface area (Å²) in [6, 6.07) is 3.41. The number of hydrogen-bond acceptors (Lipinski definition) is 4. The van der Waals surface area contributed by atoms with Gasteiger partial charge in [0.2, 0.25) is 0 Å². The Morgan fingerprint density at radius 2 is 1.91 bits per heavy atom. The number of fused-ring (bicyclic) bond motifs is 5. The van der Waals surface area contributed by atoms with E-state index in [0.717, 1.165) is 36.8 Å². The molecule has 0 saturated heterocycles. The van der Waals surface area contributed by atoms with Gasteiger partial charge >= 0.3 is 0 Å². The van der Waals surface area contributed by atoms with Gasteiger partial charge < -0.3 is 5.11 Å². The number of aromatic nitrogens is 1. The molecule has 3 fully saturated rings. The van der Waals surface area contributed by atoms with Crippen molar-refractivity contribution in [3.05, 3.63) is 41.7 Å². The molecule has 5 rings (SSSR count). The van der Waals surface area contributed by atoms with Gasteiger partial charge in [-0.25, -0.2) is 5.43 Å². The summed E-state index contributed by atoms with van der Waals surface area (Å²) in [7, 11) is 0. The summed E-state index contributed by atoms with van der Waals surface area (Å²) in [5.74, 6) is 2.71. The molecule has 7 atom stereocenters. The number of rotatable bonds is 3. The van der Waals surface area contributed by atoms with Crippen molar-refractivity contribution >= 4 is 11.6 Å². The second-order valence-electron chi connectivity index (χ2n) is 11.3. The van der Waals surface area contributed by atoms with Gasteiger partial charge in [-0.3, -0.25) is 9.78 Å². The maximum atomic E-state index is 12.4.